The van der Waals surface area contributed by atoms with E-state index >= 15 is 0 Å². The van der Waals surface area contributed by atoms with Crippen LogP contribution in [0.1, 0.15) is 18.1 Å². The van der Waals surface area contributed by atoms with Crippen LogP contribution in [0.3, 0.4) is 0 Å². The molecule has 0 aliphatic rings. The fraction of sp³-hybridized carbons (Fsp3) is 0.308. The molecular formula is C13H13F3N2OS. The molecule has 0 spiro atoms. The van der Waals surface area contributed by atoms with Gasteiger partial charge in [0.05, 0.1) is 11.8 Å². The number of aromatic nitrogens is 1. The van der Waals surface area contributed by atoms with E-state index in [-0.39, 0.29) is 16.2 Å². The molecule has 0 saturated heterocycles. The lowest BCUT2D eigenvalue weighted by molar-refractivity contribution is -0.139. The molecule has 1 aromatic heterocycles. The van der Waals surface area contributed by atoms with Gasteiger partial charge in [-0.25, -0.2) is 4.98 Å². The minimum absolute atomic E-state index is 0.0633. The van der Waals surface area contributed by atoms with Crippen LogP contribution in [0, 0.1) is 0 Å². The number of hydrogen-bond acceptors (Lipinski definition) is 4. The first-order chi connectivity index (χ1) is 9.36. The van der Waals surface area contributed by atoms with Crippen LogP contribution in [-0.2, 0) is 12.6 Å². The van der Waals surface area contributed by atoms with Crippen molar-refractivity contribution in [1.29, 1.82) is 0 Å². The molecule has 1 atom stereocenters. The predicted molar refractivity (Wildman–Crippen MR) is 69.4 cm³/mol. The van der Waals surface area contributed by atoms with E-state index in [1.165, 1.54) is 18.5 Å². The van der Waals surface area contributed by atoms with Crippen LogP contribution >= 0.6 is 11.8 Å². The van der Waals surface area contributed by atoms with Crippen molar-refractivity contribution in [3.63, 3.8) is 0 Å². The molecule has 1 unspecified atom stereocenters. The molecular weight excluding hydrogens is 289 g/mol. The van der Waals surface area contributed by atoms with Crippen LogP contribution in [0.4, 0.5) is 13.2 Å². The molecule has 0 radical (unpaired) electrons. The molecule has 2 N–H and O–H groups in total. The van der Waals surface area contributed by atoms with Crippen molar-refractivity contribution in [3.05, 3.63) is 41.8 Å². The van der Waals surface area contributed by atoms with Crippen LogP contribution in [0.5, 0.6) is 0 Å². The zero-order valence-electron chi connectivity index (χ0n) is 10.6. The van der Waals surface area contributed by atoms with Gasteiger partial charge in [-0.15, -0.1) is 0 Å². The lowest BCUT2D eigenvalue weighted by Gasteiger charge is -2.14. The Bertz CT molecular complexity index is 567. The zero-order valence-corrected chi connectivity index (χ0v) is 11.5. The molecule has 0 aliphatic carbocycles. The van der Waals surface area contributed by atoms with Crippen molar-refractivity contribution in [2.45, 2.75) is 35.7 Å². The van der Waals surface area contributed by atoms with Gasteiger partial charge in [0.1, 0.15) is 6.26 Å². The summed E-state index contributed by atoms with van der Waals surface area (Å²) >= 11 is 0.846. The maximum absolute atomic E-state index is 13.1. The average molecular weight is 302 g/mol. The molecule has 7 heteroatoms. The maximum atomic E-state index is 13.1. The van der Waals surface area contributed by atoms with Crippen molar-refractivity contribution in [2.24, 2.45) is 5.73 Å². The summed E-state index contributed by atoms with van der Waals surface area (Å²) in [6.07, 6.45) is -1.32. The Balaban J connectivity index is 2.35. The first kappa shape index (κ1) is 14.9. The monoisotopic (exact) mass is 302 g/mol. The topological polar surface area (TPSA) is 52.0 Å². The highest BCUT2D eigenvalue weighted by Crippen LogP contribution is 2.39. The lowest BCUT2D eigenvalue weighted by Crippen LogP contribution is -2.18. The van der Waals surface area contributed by atoms with Crippen LogP contribution in [0.2, 0.25) is 0 Å². The van der Waals surface area contributed by atoms with E-state index in [1.807, 2.05) is 0 Å². The molecule has 0 fully saturated rings. The fourth-order valence-corrected chi connectivity index (χ4v) is 2.57. The van der Waals surface area contributed by atoms with E-state index in [9.17, 15) is 13.2 Å². The van der Waals surface area contributed by atoms with E-state index in [0.717, 1.165) is 17.8 Å². The average Bonchev–Trinajstić information content (AvgIpc) is 2.82. The van der Waals surface area contributed by atoms with Gasteiger partial charge in [0.2, 0.25) is 0 Å². The molecule has 0 aliphatic heterocycles. The number of hydrogen-bond donors (Lipinski definition) is 1. The number of benzene rings is 1. The minimum atomic E-state index is -4.43. The summed E-state index contributed by atoms with van der Waals surface area (Å²) in [6, 6.07) is 4.01. The Morgan fingerprint density at radius 2 is 2.15 bits per heavy atom. The number of alkyl halides is 3. The van der Waals surface area contributed by atoms with E-state index in [0.29, 0.717) is 12.0 Å². The number of rotatable bonds is 4. The van der Waals surface area contributed by atoms with Gasteiger partial charge in [0.15, 0.2) is 0 Å². The standard InChI is InChI=1S/C13H13F3N2OS/c1-8(17)6-9-2-3-11(10(7-9)13(14,15)16)20-12-18-4-5-19-12/h2-5,7-8H,6,17H2,1H3. The summed E-state index contributed by atoms with van der Waals surface area (Å²) in [5.41, 5.74) is 5.48. The highest BCUT2D eigenvalue weighted by atomic mass is 32.2. The molecule has 1 heterocycles. The minimum Gasteiger partial charge on any atom is -0.440 e. The van der Waals surface area contributed by atoms with Gasteiger partial charge in [-0.05, 0) is 42.8 Å². The third-order valence-electron chi connectivity index (χ3n) is 2.51. The van der Waals surface area contributed by atoms with Gasteiger partial charge in [0, 0.05) is 10.9 Å². The van der Waals surface area contributed by atoms with Crippen molar-refractivity contribution < 1.29 is 17.6 Å². The normalized spacial score (nSPS) is 13.4. The van der Waals surface area contributed by atoms with Gasteiger partial charge < -0.3 is 10.2 Å². The lowest BCUT2D eigenvalue weighted by atomic mass is 10.0. The molecule has 3 nitrogen and oxygen atoms in total. The third-order valence-corrected chi connectivity index (χ3v) is 3.47. The van der Waals surface area contributed by atoms with Gasteiger partial charge in [0.25, 0.3) is 5.22 Å². The zero-order chi connectivity index (χ0) is 14.8. The molecule has 0 saturated carbocycles. The first-order valence-electron chi connectivity index (χ1n) is 5.89. The second-order valence-electron chi connectivity index (χ2n) is 4.41. The van der Waals surface area contributed by atoms with E-state index < -0.39 is 11.7 Å². The summed E-state index contributed by atoms with van der Waals surface area (Å²) < 4.78 is 44.3. The van der Waals surface area contributed by atoms with E-state index in [4.69, 9.17) is 10.2 Å². The summed E-state index contributed by atoms with van der Waals surface area (Å²) in [5.74, 6) is 0. The Morgan fingerprint density at radius 1 is 1.40 bits per heavy atom. The molecule has 0 amide bonds. The Kier molecular flexibility index (Phi) is 4.39. The fourth-order valence-electron chi connectivity index (χ4n) is 1.74. The number of halogens is 3. The third kappa shape index (κ3) is 3.77. The van der Waals surface area contributed by atoms with Crippen LogP contribution in [-0.4, -0.2) is 11.0 Å². The van der Waals surface area contributed by atoms with Crippen LogP contribution < -0.4 is 5.73 Å². The highest BCUT2D eigenvalue weighted by molar-refractivity contribution is 7.99. The molecule has 2 aromatic rings. The van der Waals surface area contributed by atoms with Crippen molar-refractivity contribution in [2.75, 3.05) is 0 Å². The smallest absolute Gasteiger partial charge is 0.417 e. The highest BCUT2D eigenvalue weighted by Gasteiger charge is 2.34. The van der Waals surface area contributed by atoms with Gasteiger partial charge in [-0.1, -0.05) is 6.07 Å². The molecule has 20 heavy (non-hydrogen) atoms. The van der Waals surface area contributed by atoms with Crippen molar-refractivity contribution in [3.8, 4) is 0 Å². The summed E-state index contributed by atoms with van der Waals surface area (Å²) in [7, 11) is 0. The summed E-state index contributed by atoms with van der Waals surface area (Å²) in [5, 5.41) is 0.176. The predicted octanol–water partition coefficient (Wildman–Crippen LogP) is 3.73. The SMILES string of the molecule is CC(N)Cc1ccc(Sc2ncco2)c(C(F)(F)F)c1. The number of nitrogens with two attached hydrogens (primary N) is 1. The number of nitrogens with zero attached hydrogens (tertiary/aromatic N) is 1. The summed E-state index contributed by atoms with van der Waals surface area (Å²) in [4.78, 5) is 3.88. The second kappa shape index (κ2) is 5.88. The van der Waals surface area contributed by atoms with Gasteiger partial charge >= 0.3 is 6.18 Å². The molecule has 108 valence electrons. The van der Waals surface area contributed by atoms with Crippen LogP contribution in [0.25, 0.3) is 0 Å². The molecule has 1 aromatic carbocycles. The molecule has 0 bridgehead atoms. The second-order valence-corrected chi connectivity index (χ2v) is 5.40. The van der Waals surface area contributed by atoms with Crippen molar-refractivity contribution in [1.82, 2.24) is 4.98 Å². The Hall–Kier alpha value is -1.47. The Morgan fingerprint density at radius 3 is 2.70 bits per heavy atom. The Labute approximate surface area is 118 Å². The summed E-state index contributed by atoms with van der Waals surface area (Å²) in [6.45, 7) is 1.75. The number of oxazole rings is 1. The maximum Gasteiger partial charge on any atom is 0.417 e. The van der Waals surface area contributed by atoms with E-state index in [1.54, 1.807) is 13.0 Å². The van der Waals surface area contributed by atoms with Crippen LogP contribution in [0.15, 0.2) is 45.2 Å². The van der Waals surface area contributed by atoms with Gasteiger partial charge in [-0.2, -0.15) is 13.2 Å². The van der Waals surface area contributed by atoms with Gasteiger partial charge in [-0.3, -0.25) is 0 Å². The first-order valence-corrected chi connectivity index (χ1v) is 6.71. The quantitative estimate of drug-likeness (QED) is 0.935. The van der Waals surface area contributed by atoms with Crippen molar-refractivity contribution >= 4 is 11.8 Å². The largest absolute Gasteiger partial charge is 0.440 e. The molecule has 2 rings (SSSR count). The van der Waals surface area contributed by atoms with E-state index in [2.05, 4.69) is 4.98 Å².